The van der Waals surface area contributed by atoms with Gasteiger partial charge in [-0.05, 0) is 19.1 Å². The van der Waals surface area contributed by atoms with Crippen molar-refractivity contribution < 1.29 is 14.6 Å². The zero-order chi connectivity index (χ0) is 13.2. The summed E-state index contributed by atoms with van der Waals surface area (Å²) in [5.74, 6) is -0.347. The summed E-state index contributed by atoms with van der Waals surface area (Å²) < 4.78 is 5.29. The first-order chi connectivity index (χ1) is 8.53. The maximum atomic E-state index is 11.9. The minimum absolute atomic E-state index is 0.137. The summed E-state index contributed by atoms with van der Waals surface area (Å²) in [6.07, 6.45) is 1.73. The van der Waals surface area contributed by atoms with Gasteiger partial charge in [-0.1, -0.05) is 11.6 Å². The predicted molar refractivity (Wildman–Crippen MR) is 66.6 cm³/mol. The quantitative estimate of drug-likeness (QED) is 0.804. The van der Waals surface area contributed by atoms with Gasteiger partial charge in [0.25, 0.3) is 5.91 Å². The zero-order valence-corrected chi connectivity index (χ0v) is 10.8. The Morgan fingerprint density at radius 1 is 1.78 bits per heavy atom. The highest BCUT2D eigenvalue weighted by molar-refractivity contribution is 6.32. The topological polar surface area (TPSA) is 71.5 Å². The first-order valence-electron chi connectivity index (χ1n) is 5.75. The monoisotopic (exact) mass is 270 g/mol. The Labute approximate surface area is 110 Å². The molecule has 0 spiro atoms. The van der Waals surface area contributed by atoms with Crippen molar-refractivity contribution >= 4 is 17.5 Å². The first kappa shape index (κ1) is 13.3. The average Bonchev–Trinajstić information content (AvgIpc) is 2.68. The molecular weight excluding hydrogens is 256 g/mol. The van der Waals surface area contributed by atoms with Gasteiger partial charge in [-0.2, -0.15) is 0 Å². The summed E-state index contributed by atoms with van der Waals surface area (Å²) >= 11 is 5.82. The van der Waals surface area contributed by atoms with Crippen LogP contribution >= 0.6 is 11.6 Å². The van der Waals surface area contributed by atoms with Gasteiger partial charge in [0, 0.05) is 25.8 Å². The molecule has 0 aliphatic carbocycles. The molecule has 0 aromatic carbocycles. The number of hydrogen-bond acceptors (Lipinski definition) is 4. The highest BCUT2D eigenvalue weighted by Gasteiger charge is 2.39. The standard InChI is InChI=1S/C12H15ClN2O3/c1-8-12(17,4-6-18-8)7-15-11(16)9-3-2-5-14-10(9)13/h2-3,5,8,17H,4,6-7H2,1H3,(H,15,16). The molecule has 2 atom stereocenters. The molecule has 1 aliphatic heterocycles. The van der Waals surface area contributed by atoms with Crippen LogP contribution in [-0.4, -0.2) is 40.9 Å². The molecule has 18 heavy (non-hydrogen) atoms. The number of rotatable bonds is 3. The van der Waals surface area contributed by atoms with E-state index < -0.39 is 5.60 Å². The van der Waals surface area contributed by atoms with Gasteiger partial charge in [0.1, 0.15) is 10.8 Å². The zero-order valence-electron chi connectivity index (χ0n) is 10.0. The fraction of sp³-hybridized carbons (Fsp3) is 0.500. The number of nitrogens with one attached hydrogen (secondary N) is 1. The van der Waals surface area contributed by atoms with Crippen molar-refractivity contribution in [2.24, 2.45) is 0 Å². The lowest BCUT2D eigenvalue weighted by atomic mass is 9.96. The Morgan fingerprint density at radius 3 is 3.17 bits per heavy atom. The molecule has 98 valence electrons. The Kier molecular flexibility index (Phi) is 3.85. The first-order valence-corrected chi connectivity index (χ1v) is 6.13. The number of carbonyl (C=O) groups is 1. The molecule has 6 heteroatoms. The van der Waals surface area contributed by atoms with Gasteiger partial charge < -0.3 is 15.2 Å². The number of hydrogen-bond donors (Lipinski definition) is 2. The van der Waals surface area contributed by atoms with E-state index in [1.165, 1.54) is 6.20 Å². The smallest absolute Gasteiger partial charge is 0.254 e. The lowest BCUT2D eigenvalue weighted by Gasteiger charge is -2.26. The molecule has 0 radical (unpaired) electrons. The molecule has 1 fully saturated rings. The van der Waals surface area contributed by atoms with E-state index in [9.17, 15) is 9.90 Å². The van der Waals surface area contributed by atoms with Gasteiger partial charge in [-0.15, -0.1) is 0 Å². The summed E-state index contributed by atoms with van der Waals surface area (Å²) in [5.41, 5.74) is -0.709. The Morgan fingerprint density at radius 2 is 2.56 bits per heavy atom. The number of aromatic nitrogens is 1. The van der Waals surface area contributed by atoms with Gasteiger partial charge in [0.2, 0.25) is 0 Å². The van der Waals surface area contributed by atoms with E-state index in [0.29, 0.717) is 18.6 Å². The van der Waals surface area contributed by atoms with Gasteiger partial charge >= 0.3 is 0 Å². The van der Waals surface area contributed by atoms with Crippen molar-refractivity contribution in [1.82, 2.24) is 10.3 Å². The van der Waals surface area contributed by atoms with Gasteiger partial charge in [0.05, 0.1) is 11.7 Å². The maximum absolute atomic E-state index is 11.9. The molecule has 0 bridgehead atoms. The van der Waals surface area contributed by atoms with Crippen LogP contribution < -0.4 is 5.32 Å². The van der Waals surface area contributed by atoms with Crippen molar-refractivity contribution in [1.29, 1.82) is 0 Å². The SMILES string of the molecule is CC1OCCC1(O)CNC(=O)c1cccnc1Cl. The van der Waals surface area contributed by atoms with E-state index >= 15 is 0 Å². The molecule has 2 N–H and O–H groups in total. The van der Waals surface area contributed by atoms with Crippen LogP contribution in [0.4, 0.5) is 0 Å². The Bertz CT molecular complexity index is 455. The summed E-state index contributed by atoms with van der Waals surface area (Å²) in [5, 5.41) is 13.0. The number of nitrogens with zero attached hydrogens (tertiary/aromatic N) is 1. The molecular formula is C12H15ClN2O3. The van der Waals surface area contributed by atoms with Gasteiger partial charge in [-0.25, -0.2) is 4.98 Å². The van der Waals surface area contributed by atoms with Crippen molar-refractivity contribution in [3.63, 3.8) is 0 Å². The summed E-state index contributed by atoms with van der Waals surface area (Å²) in [7, 11) is 0. The van der Waals surface area contributed by atoms with Crippen molar-refractivity contribution in [3.8, 4) is 0 Å². The lowest BCUT2D eigenvalue weighted by molar-refractivity contribution is -0.0251. The van der Waals surface area contributed by atoms with E-state index in [1.807, 2.05) is 0 Å². The van der Waals surface area contributed by atoms with Crippen LogP contribution in [-0.2, 0) is 4.74 Å². The second-order valence-electron chi connectivity index (χ2n) is 4.39. The second-order valence-corrected chi connectivity index (χ2v) is 4.75. The summed E-state index contributed by atoms with van der Waals surface area (Å²) in [6.45, 7) is 2.43. The van der Waals surface area contributed by atoms with Crippen LogP contribution in [0, 0.1) is 0 Å². The summed E-state index contributed by atoms with van der Waals surface area (Å²) in [6, 6.07) is 3.22. The number of aliphatic hydroxyl groups is 1. The number of halogens is 1. The third kappa shape index (κ3) is 2.63. The molecule has 1 aromatic rings. The summed E-state index contributed by atoms with van der Waals surface area (Å²) in [4.78, 5) is 15.7. The minimum Gasteiger partial charge on any atom is -0.385 e. The molecule has 2 unspecified atom stereocenters. The van der Waals surface area contributed by atoms with E-state index in [2.05, 4.69) is 10.3 Å². The van der Waals surface area contributed by atoms with Crippen LogP contribution in [0.1, 0.15) is 23.7 Å². The fourth-order valence-electron chi connectivity index (χ4n) is 1.89. The number of carbonyl (C=O) groups excluding carboxylic acids is 1. The molecule has 1 saturated heterocycles. The number of pyridine rings is 1. The van der Waals surface area contributed by atoms with Crippen LogP contribution in [0.15, 0.2) is 18.3 Å². The Balaban J connectivity index is 1.99. The molecule has 2 heterocycles. The van der Waals surface area contributed by atoms with Crippen molar-refractivity contribution in [3.05, 3.63) is 29.0 Å². The minimum atomic E-state index is -1.01. The maximum Gasteiger partial charge on any atom is 0.254 e. The van der Waals surface area contributed by atoms with E-state index in [-0.39, 0.29) is 23.7 Å². The highest BCUT2D eigenvalue weighted by Crippen LogP contribution is 2.24. The van der Waals surface area contributed by atoms with Crippen LogP contribution in [0.25, 0.3) is 0 Å². The third-order valence-corrected chi connectivity index (χ3v) is 3.52. The Hall–Kier alpha value is -1.17. The normalized spacial score (nSPS) is 27.2. The second kappa shape index (κ2) is 5.22. The van der Waals surface area contributed by atoms with E-state index in [0.717, 1.165) is 0 Å². The molecule has 1 amide bonds. The highest BCUT2D eigenvalue weighted by atomic mass is 35.5. The molecule has 2 rings (SSSR count). The van der Waals surface area contributed by atoms with Crippen molar-refractivity contribution in [2.75, 3.05) is 13.2 Å². The molecule has 0 saturated carbocycles. The lowest BCUT2D eigenvalue weighted by Crippen LogP contribution is -2.47. The molecule has 5 nitrogen and oxygen atoms in total. The molecule has 1 aromatic heterocycles. The average molecular weight is 271 g/mol. The van der Waals surface area contributed by atoms with Gasteiger partial charge in [0.15, 0.2) is 0 Å². The van der Waals surface area contributed by atoms with Crippen molar-refractivity contribution in [2.45, 2.75) is 25.0 Å². The predicted octanol–water partition coefficient (Wildman–Crippen LogP) is 1.00. The van der Waals surface area contributed by atoms with E-state index in [1.54, 1.807) is 19.1 Å². The van der Waals surface area contributed by atoms with Crippen LogP contribution in [0.2, 0.25) is 5.15 Å². The van der Waals surface area contributed by atoms with Crippen LogP contribution in [0.5, 0.6) is 0 Å². The number of ether oxygens (including phenoxy) is 1. The third-order valence-electron chi connectivity index (χ3n) is 3.22. The van der Waals surface area contributed by atoms with Gasteiger partial charge in [-0.3, -0.25) is 4.79 Å². The fourth-order valence-corrected chi connectivity index (χ4v) is 2.09. The number of amides is 1. The molecule has 1 aliphatic rings. The largest absolute Gasteiger partial charge is 0.385 e. The van der Waals surface area contributed by atoms with E-state index in [4.69, 9.17) is 16.3 Å². The van der Waals surface area contributed by atoms with Crippen LogP contribution in [0.3, 0.4) is 0 Å².